The molecule has 0 amide bonds. The summed E-state index contributed by atoms with van der Waals surface area (Å²) in [7, 11) is 0. The first kappa shape index (κ1) is 16.8. The van der Waals surface area contributed by atoms with Gasteiger partial charge in [-0.05, 0) is 11.6 Å². The topological polar surface area (TPSA) is 47.0 Å². The van der Waals surface area contributed by atoms with Gasteiger partial charge < -0.3 is 10.1 Å². The fourth-order valence-electron chi connectivity index (χ4n) is 2.27. The first-order valence-electron chi connectivity index (χ1n) is 7.89. The van der Waals surface area contributed by atoms with Crippen molar-refractivity contribution in [1.29, 1.82) is 0 Å². The monoisotopic (exact) mass is 341 g/mol. The summed E-state index contributed by atoms with van der Waals surface area (Å²) in [4.78, 5) is 7.83. The summed E-state index contributed by atoms with van der Waals surface area (Å²) < 4.78 is 32.9. The Hall–Kier alpha value is -3.02. The van der Waals surface area contributed by atoms with Crippen LogP contribution in [-0.2, 0) is 13.0 Å². The van der Waals surface area contributed by atoms with Crippen LogP contribution in [0.4, 0.5) is 14.6 Å². The number of nitrogens with zero attached hydrogens (tertiary/aromatic N) is 2. The normalized spacial score (nSPS) is 10.5. The molecule has 1 heterocycles. The highest BCUT2D eigenvalue weighted by atomic mass is 19.1. The van der Waals surface area contributed by atoms with Gasteiger partial charge in [-0.1, -0.05) is 48.5 Å². The second-order valence-electron chi connectivity index (χ2n) is 5.38. The molecule has 0 unspecified atom stereocenters. The van der Waals surface area contributed by atoms with Crippen molar-refractivity contribution in [2.75, 3.05) is 11.9 Å². The average Bonchev–Trinajstić information content (AvgIpc) is 2.64. The number of rotatable bonds is 7. The van der Waals surface area contributed by atoms with Crippen LogP contribution in [0.1, 0.15) is 11.1 Å². The molecule has 1 N–H and O–H groups in total. The van der Waals surface area contributed by atoms with Gasteiger partial charge in [0.05, 0.1) is 12.8 Å². The maximum absolute atomic E-state index is 13.8. The van der Waals surface area contributed by atoms with Crippen molar-refractivity contribution >= 4 is 5.82 Å². The van der Waals surface area contributed by atoms with Gasteiger partial charge in [0.2, 0.25) is 0 Å². The smallest absolute Gasteiger partial charge is 0.318 e. The Morgan fingerprint density at radius 1 is 0.920 bits per heavy atom. The van der Waals surface area contributed by atoms with Crippen molar-refractivity contribution in [3.05, 3.63) is 83.6 Å². The number of ether oxygens (including phenoxy) is 1. The standard InChI is InChI=1S/C19H17F2N3O/c20-16-9-5-4-8-15(16)12-22-18-17(21)13-23-19(24-18)25-11-10-14-6-2-1-3-7-14/h1-9,13H,10-12H2,(H,22,23,24). The zero-order chi connectivity index (χ0) is 17.5. The minimum Gasteiger partial charge on any atom is -0.463 e. The maximum Gasteiger partial charge on any atom is 0.318 e. The van der Waals surface area contributed by atoms with E-state index >= 15 is 0 Å². The fourth-order valence-corrected chi connectivity index (χ4v) is 2.27. The molecule has 0 aliphatic rings. The Kier molecular flexibility index (Phi) is 5.51. The second-order valence-corrected chi connectivity index (χ2v) is 5.38. The Labute approximate surface area is 144 Å². The molecule has 0 aliphatic carbocycles. The van der Waals surface area contributed by atoms with Crippen molar-refractivity contribution in [2.45, 2.75) is 13.0 Å². The number of hydrogen-bond acceptors (Lipinski definition) is 4. The van der Waals surface area contributed by atoms with Crippen LogP contribution in [0.3, 0.4) is 0 Å². The van der Waals surface area contributed by atoms with E-state index in [2.05, 4.69) is 15.3 Å². The lowest BCUT2D eigenvalue weighted by molar-refractivity contribution is 0.295. The summed E-state index contributed by atoms with van der Waals surface area (Å²) >= 11 is 0. The lowest BCUT2D eigenvalue weighted by atomic mass is 10.2. The Bertz CT molecular complexity index is 828. The van der Waals surface area contributed by atoms with Gasteiger partial charge in [-0.25, -0.2) is 13.8 Å². The molecule has 1 aromatic heterocycles. The van der Waals surface area contributed by atoms with E-state index < -0.39 is 5.82 Å². The van der Waals surface area contributed by atoms with Gasteiger partial charge in [0, 0.05) is 18.5 Å². The first-order chi connectivity index (χ1) is 12.2. The van der Waals surface area contributed by atoms with Crippen molar-refractivity contribution in [3.63, 3.8) is 0 Å². The lowest BCUT2D eigenvalue weighted by Crippen LogP contribution is -2.09. The molecule has 3 aromatic rings. The van der Waals surface area contributed by atoms with Gasteiger partial charge in [0.15, 0.2) is 11.6 Å². The van der Waals surface area contributed by atoms with Crippen LogP contribution in [0.25, 0.3) is 0 Å². The minimum absolute atomic E-state index is 0.0204. The van der Waals surface area contributed by atoms with Crippen LogP contribution in [0.2, 0.25) is 0 Å². The lowest BCUT2D eigenvalue weighted by Gasteiger charge is -2.09. The molecule has 0 aliphatic heterocycles. The van der Waals surface area contributed by atoms with Crippen LogP contribution < -0.4 is 10.1 Å². The number of aromatic nitrogens is 2. The number of hydrogen-bond donors (Lipinski definition) is 1. The molecular formula is C19H17F2N3O. The molecule has 0 fully saturated rings. The molecule has 0 saturated carbocycles. The van der Waals surface area contributed by atoms with Crippen LogP contribution >= 0.6 is 0 Å². The predicted octanol–water partition coefficient (Wildman–Crippen LogP) is 3.99. The van der Waals surface area contributed by atoms with Crippen molar-refractivity contribution < 1.29 is 13.5 Å². The second kappa shape index (κ2) is 8.19. The summed E-state index contributed by atoms with van der Waals surface area (Å²) in [6, 6.07) is 16.2. The molecule has 0 radical (unpaired) electrons. The summed E-state index contributed by atoms with van der Waals surface area (Å²) in [5, 5.41) is 2.77. The first-order valence-corrected chi connectivity index (χ1v) is 7.89. The van der Waals surface area contributed by atoms with E-state index in [-0.39, 0.29) is 24.2 Å². The Morgan fingerprint density at radius 3 is 2.48 bits per heavy atom. The third-order valence-electron chi connectivity index (χ3n) is 3.59. The highest BCUT2D eigenvalue weighted by molar-refractivity contribution is 5.37. The minimum atomic E-state index is -0.619. The van der Waals surface area contributed by atoms with Crippen LogP contribution in [-0.4, -0.2) is 16.6 Å². The van der Waals surface area contributed by atoms with E-state index in [9.17, 15) is 8.78 Å². The molecule has 4 nitrogen and oxygen atoms in total. The van der Waals surface area contributed by atoms with Crippen LogP contribution in [0.15, 0.2) is 60.8 Å². The van der Waals surface area contributed by atoms with Crippen molar-refractivity contribution in [1.82, 2.24) is 9.97 Å². The number of nitrogens with one attached hydrogen (secondary N) is 1. The van der Waals surface area contributed by atoms with Gasteiger partial charge in [0.1, 0.15) is 5.82 Å². The van der Waals surface area contributed by atoms with E-state index in [0.29, 0.717) is 18.6 Å². The van der Waals surface area contributed by atoms with Gasteiger partial charge in [-0.15, -0.1) is 0 Å². The highest BCUT2D eigenvalue weighted by Crippen LogP contribution is 2.16. The quantitative estimate of drug-likeness (QED) is 0.706. The van der Waals surface area contributed by atoms with E-state index in [1.165, 1.54) is 6.07 Å². The van der Waals surface area contributed by atoms with Gasteiger partial charge in [-0.3, -0.25) is 0 Å². The largest absolute Gasteiger partial charge is 0.463 e. The van der Waals surface area contributed by atoms with E-state index in [1.54, 1.807) is 18.2 Å². The third-order valence-corrected chi connectivity index (χ3v) is 3.59. The zero-order valence-corrected chi connectivity index (χ0v) is 13.5. The predicted molar refractivity (Wildman–Crippen MR) is 91.4 cm³/mol. The SMILES string of the molecule is Fc1ccccc1CNc1nc(OCCc2ccccc2)ncc1F. The molecule has 2 aromatic carbocycles. The van der Waals surface area contributed by atoms with Crippen molar-refractivity contribution in [2.24, 2.45) is 0 Å². The molecule has 6 heteroatoms. The number of benzene rings is 2. The van der Waals surface area contributed by atoms with E-state index in [4.69, 9.17) is 4.74 Å². The van der Waals surface area contributed by atoms with Gasteiger partial charge in [-0.2, -0.15) is 4.98 Å². The molecule has 128 valence electrons. The summed E-state index contributed by atoms with van der Waals surface area (Å²) in [6.45, 7) is 0.493. The van der Waals surface area contributed by atoms with E-state index in [0.717, 1.165) is 11.8 Å². The molecule has 3 rings (SSSR count). The molecule has 0 atom stereocenters. The van der Waals surface area contributed by atoms with Crippen LogP contribution in [0.5, 0.6) is 6.01 Å². The summed E-state index contributed by atoms with van der Waals surface area (Å²) in [5.74, 6) is -0.997. The molecule has 0 saturated heterocycles. The van der Waals surface area contributed by atoms with Gasteiger partial charge in [0.25, 0.3) is 0 Å². The maximum atomic E-state index is 13.8. The Morgan fingerprint density at radius 2 is 1.68 bits per heavy atom. The summed E-state index contributed by atoms with van der Waals surface area (Å²) in [6.07, 6.45) is 1.73. The zero-order valence-electron chi connectivity index (χ0n) is 13.5. The highest BCUT2D eigenvalue weighted by Gasteiger charge is 2.09. The Balaban J connectivity index is 1.59. The molecule has 0 bridgehead atoms. The van der Waals surface area contributed by atoms with Crippen molar-refractivity contribution in [3.8, 4) is 6.01 Å². The van der Waals surface area contributed by atoms with Gasteiger partial charge >= 0.3 is 6.01 Å². The fraction of sp³-hybridized carbons (Fsp3) is 0.158. The molecular weight excluding hydrogens is 324 g/mol. The number of anilines is 1. The summed E-state index contributed by atoms with van der Waals surface area (Å²) in [5.41, 5.74) is 1.55. The van der Waals surface area contributed by atoms with Crippen LogP contribution in [0, 0.1) is 11.6 Å². The molecule has 0 spiro atoms. The average molecular weight is 341 g/mol. The third kappa shape index (κ3) is 4.73. The molecule has 25 heavy (non-hydrogen) atoms. The van der Waals surface area contributed by atoms with E-state index in [1.807, 2.05) is 30.3 Å². The number of halogens is 2.